The van der Waals surface area contributed by atoms with Crippen molar-refractivity contribution >= 4 is 17.7 Å². The van der Waals surface area contributed by atoms with Crippen LogP contribution in [-0.2, 0) is 4.79 Å². The Bertz CT molecular complexity index is 151. The van der Waals surface area contributed by atoms with Crippen LogP contribution in [0.25, 0.3) is 0 Å². The van der Waals surface area contributed by atoms with Gasteiger partial charge in [0.05, 0.1) is 6.54 Å². The molecular weight excluding hydrogens is 162 g/mol. The lowest BCUT2D eigenvalue weighted by Gasteiger charge is -2.11. The summed E-state index contributed by atoms with van der Waals surface area (Å²) in [6.45, 7) is 2.09. The number of thioether (sulfide) groups is 1. The van der Waals surface area contributed by atoms with Crippen molar-refractivity contribution in [3.63, 3.8) is 0 Å². The standard InChI is InChI=1S/C7H13NO2S/c1-11-6-2-3-8(4-6)5-7(9)10/h6H,2-5H2,1H3,(H,9,10). The van der Waals surface area contributed by atoms with Crippen molar-refractivity contribution in [2.24, 2.45) is 0 Å². The fourth-order valence-electron chi connectivity index (χ4n) is 1.32. The minimum atomic E-state index is -0.716. The van der Waals surface area contributed by atoms with Crippen LogP contribution in [0, 0.1) is 0 Å². The van der Waals surface area contributed by atoms with Gasteiger partial charge in [-0.05, 0) is 19.2 Å². The number of nitrogens with zero attached hydrogens (tertiary/aromatic N) is 1. The first-order valence-electron chi connectivity index (χ1n) is 3.69. The number of carboxylic acid groups (broad SMARTS) is 1. The van der Waals surface area contributed by atoms with E-state index < -0.39 is 5.97 Å². The summed E-state index contributed by atoms with van der Waals surface area (Å²) in [7, 11) is 0. The topological polar surface area (TPSA) is 40.5 Å². The van der Waals surface area contributed by atoms with Crippen LogP contribution < -0.4 is 0 Å². The molecule has 1 atom stereocenters. The van der Waals surface area contributed by atoms with E-state index in [1.807, 2.05) is 16.7 Å². The van der Waals surface area contributed by atoms with Gasteiger partial charge in [-0.15, -0.1) is 0 Å². The highest BCUT2D eigenvalue weighted by atomic mass is 32.2. The lowest BCUT2D eigenvalue weighted by atomic mass is 10.4. The number of carboxylic acids is 1. The maximum atomic E-state index is 10.3. The van der Waals surface area contributed by atoms with Gasteiger partial charge in [-0.3, -0.25) is 9.69 Å². The van der Waals surface area contributed by atoms with Crippen LogP contribution in [0.1, 0.15) is 6.42 Å². The zero-order chi connectivity index (χ0) is 8.27. The molecule has 0 aromatic rings. The molecule has 0 aromatic heterocycles. The molecule has 0 saturated carbocycles. The molecule has 3 nitrogen and oxygen atoms in total. The molecule has 1 aliphatic rings. The fraction of sp³-hybridized carbons (Fsp3) is 0.857. The number of hydrogen-bond acceptors (Lipinski definition) is 3. The molecule has 0 amide bonds. The number of likely N-dealkylation sites (tertiary alicyclic amines) is 1. The van der Waals surface area contributed by atoms with Crippen molar-refractivity contribution in [3.05, 3.63) is 0 Å². The van der Waals surface area contributed by atoms with Gasteiger partial charge in [0.25, 0.3) is 0 Å². The molecule has 1 unspecified atom stereocenters. The highest BCUT2D eigenvalue weighted by molar-refractivity contribution is 7.99. The number of hydrogen-bond donors (Lipinski definition) is 1. The van der Waals surface area contributed by atoms with Gasteiger partial charge >= 0.3 is 5.97 Å². The van der Waals surface area contributed by atoms with E-state index in [2.05, 4.69) is 6.26 Å². The molecule has 1 fully saturated rings. The van der Waals surface area contributed by atoms with Crippen LogP contribution in [0.4, 0.5) is 0 Å². The molecular formula is C7H13NO2S. The Labute approximate surface area is 70.8 Å². The van der Waals surface area contributed by atoms with Crippen LogP contribution in [0.3, 0.4) is 0 Å². The quantitative estimate of drug-likeness (QED) is 0.678. The first-order valence-corrected chi connectivity index (χ1v) is 4.98. The van der Waals surface area contributed by atoms with Crippen molar-refractivity contribution in [3.8, 4) is 0 Å². The van der Waals surface area contributed by atoms with Gasteiger partial charge in [0.2, 0.25) is 0 Å². The van der Waals surface area contributed by atoms with Crippen LogP contribution in [-0.4, -0.2) is 47.1 Å². The Morgan fingerprint density at radius 2 is 2.55 bits per heavy atom. The molecule has 64 valence electrons. The summed E-state index contributed by atoms with van der Waals surface area (Å²) in [5.74, 6) is -0.716. The fourth-order valence-corrected chi connectivity index (χ4v) is 2.03. The minimum absolute atomic E-state index is 0.205. The Hall–Kier alpha value is -0.220. The van der Waals surface area contributed by atoms with Gasteiger partial charge in [0.1, 0.15) is 0 Å². The predicted molar refractivity (Wildman–Crippen MR) is 46.0 cm³/mol. The SMILES string of the molecule is CSC1CCN(CC(=O)O)C1. The van der Waals surface area contributed by atoms with Gasteiger partial charge in [0.15, 0.2) is 0 Å². The summed E-state index contributed by atoms with van der Waals surface area (Å²) in [5.41, 5.74) is 0. The normalized spacial score (nSPS) is 25.7. The molecule has 4 heteroatoms. The summed E-state index contributed by atoms with van der Waals surface area (Å²) < 4.78 is 0. The molecule has 1 saturated heterocycles. The van der Waals surface area contributed by atoms with Crippen molar-refractivity contribution in [1.29, 1.82) is 0 Å². The maximum absolute atomic E-state index is 10.3. The van der Waals surface area contributed by atoms with E-state index in [-0.39, 0.29) is 6.54 Å². The van der Waals surface area contributed by atoms with E-state index in [4.69, 9.17) is 5.11 Å². The first-order chi connectivity index (χ1) is 5.22. The Morgan fingerprint density at radius 1 is 1.82 bits per heavy atom. The molecule has 0 bridgehead atoms. The van der Waals surface area contributed by atoms with Gasteiger partial charge in [-0.1, -0.05) is 0 Å². The average molecular weight is 175 g/mol. The minimum Gasteiger partial charge on any atom is -0.480 e. The van der Waals surface area contributed by atoms with E-state index in [9.17, 15) is 4.79 Å². The second-order valence-corrected chi connectivity index (χ2v) is 3.91. The molecule has 11 heavy (non-hydrogen) atoms. The average Bonchev–Trinajstić information content (AvgIpc) is 2.34. The van der Waals surface area contributed by atoms with Crippen molar-refractivity contribution in [1.82, 2.24) is 4.90 Å². The van der Waals surface area contributed by atoms with Crippen molar-refractivity contribution < 1.29 is 9.90 Å². The van der Waals surface area contributed by atoms with Gasteiger partial charge in [0, 0.05) is 11.8 Å². The lowest BCUT2D eigenvalue weighted by molar-refractivity contribution is -0.138. The second kappa shape index (κ2) is 3.97. The molecule has 0 radical (unpaired) electrons. The maximum Gasteiger partial charge on any atom is 0.317 e. The van der Waals surface area contributed by atoms with E-state index in [0.29, 0.717) is 5.25 Å². The van der Waals surface area contributed by atoms with E-state index in [1.54, 1.807) is 0 Å². The van der Waals surface area contributed by atoms with E-state index in [0.717, 1.165) is 19.5 Å². The van der Waals surface area contributed by atoms with Crippen LogP contribution in [0.5, 0.6) is 0 Å². The summed E-state index contributed by atoms with van der Waals surface area (Å²) in [5, 5.41) is 9.13. The summed E-state index contributed by atoms with van der Waals surface area (Å²) in [4.78, 5) is 12.3. The van der Waals surface area contributed by atoms with Crippen LogP contribution in [0.15, 0.2) is 0 Å². The first kappa shape index (κ1) is 8.87. The van der Waals surface area contributed by atoms with E-state index >= 15 is 0 Å². The van der Waals surface area contributed by atoms with Gasteiger partial charge in [-0.2, -0.15) is 11.8 Å². The van der Waals surface area contributed by atoms with Crippen LogP contribution >= 0.6 is 11.8 Å². The third-order valence-electron chi connectivity index (χ3n) is 1.92. The van der Waals surface area contributed by atoms with E-state index in [1.165, 1.54) is 0 Å². The van der Waals surface area contributed by atoms with Gasteiger partial charge < -0.3 is 5.11 Å². The zero-order valence-corrected chi connectivity index (χ0v) is 7.43. The molecule has 1 N–H and O–H groups in total. The third kappa shape index (κ3) is 2.71. The Balaban J connectivity index is 2.24. The Morgan fingerprint density at radius 3 is 3.00 bits per heavy atom. The predicted octanol–water partition coefficient (Wildman–Crippen LogP) is 0.508. The molecule has 1 aliphatic heterocycles. The molecule has 1 heterocycles. The highest BCUT2D eigenvalue weighted by Gasteiger charge is 2.22. The monoisotopic (exact) mass is 175 g/mol. The summed E-state index contributed by atoms with van der Waals surface area (Å²) in [6, 6.07) is 0. The zero-order valence-electron chi connectivity index (χ0n) is 6.62. The summed E-state index contributed by atoms with van der Waals surface area (Å²) >= 11 is 1.83. The van der Waals surface area contributed by atoms with Crippen molar-refractivity contribution in [2.45, 2.75) is 11.7 Å². The number of carbonyl (C=O) groups is 1. The summed E-state index contributed by atoms with van der Waals surface area (Å²) in [6.07, 6.45) is 3.21. The molecule has 0 spiro atoms. The number of aliphatic carboxylic acids is 1. The highest BCUT2D eigenvalue weighted by Crippen LogP contribution is 2.19. The van der Waals surface area contributed by atoms with Gasteiger partial charge in [-0.25, -0.2) is 0 Å². The Kier molecular flexibility index (Phi) is 3.20. The van der Waals surface area contributed by atoms with Crippen molar-refractivity contribution in [2.75, 3.05) is 25.9 Å². The number of rotatable bonds is 3. The second-order valence-electron chi connectivity index (χ2n) is 2.78. The molecule has 1 rings (SSSR count). The molecule has 0 aromatic carbocycles. The third-order valence-corrected chi connectivity index (χ3v) is 2.97. The molecule has 0 aliphatic carbocycles. The lowest BCUT2D eigenvalue weighted by Crippen LogP contribution is -2.27. The smallest absolute Gasteiger partial charge is 0.317 e. The largest absolute Gasteiger partial charge is 0.480 e. The van der Waals surface area contributed by atoms with Crippen LogP contribution in [0.2, 0.25) is 0 Å².